The summed E-state index contributed by atoms with van der Waals surface area (Å²) in [7, 11) is 0. The van der Waals surface area contributed by atoms with Gasteiger partial charge in [0, 0.05) is 11.2 Å². The molecule has 0 aliphatic rings. The summed E-state index contributed by atoms with van der Waals surface area (Å²) in [6.45, 7) is 2.36. The zero-order valence-electron chi connectivity index (χ0n) is 7.42. The van der Waals surface area contributed by atoms with Gasteiger partial charge in [-0.25, -0.2) is 0 Å². The van der Waals surface area contributed by atoms with Crippen molar-refractivity contribution < 1.29 is 0 Å². The van der Waals surface area contributed by atoms with Crippen molar-refractivity contribution in [1.29, 1.82) is 0 Å². The number of hydrogen-bond acceptors (Lipinski definition) is 1. The molecule has 0 N–H and O–H groups in total. The molecule has 0 radical (unpaired) electrons. The van der Waals surface area contributed by atoms with Gasteiger partial charge >= 0.3 is 0 Å². The van der Waals surface area contributed by atoms with Crippen LogP contribution in [0.4, 0.5) is 0 Å². The molecule has 0 aromatic heterocycles. The SMILES string of the molecule is CC#CC/N=C/c1ccc(Cl)cc1. The van der Waals surface area contributed by atoms with Gasteiger partial charge in [0.05, 0.1) is 6.54 Å². The Kier molecular flexibility index (Phi) is 4.08. The van der Waals surface area contributed by atoms with Crippen molar-refractivity contribution in [3.8, 4) is 11.8 Å². The van der Waals surface area contributed by atoms with Crippen molar-refractivity contribution in [2.24, 2.45) is 4.99 Å². The number of benzene rings is 1. The Morgan fingerprint density at radius 1 is 1.38 bits per heavy atom. The molecule has 1 nitrogen and oxygen atoms in total. The molecular weight excluding hydrogens is 182 g/mol. The third-order valence-corrected chi connectivity index (χ3v) is 1.71. The predicted molar refractivity (Wildman–Crippen MR) is 57.4 cm³/mol. The second kappa shape index (κ2) is 5.40. The molecule has 1 aromatic rings. The van der Waals surface area contributed by atoms with Crippen LogP contribution in [-0.4, -0.2) is 12.8 Å². The smallest absolute Gasteiger partial charge is 0.0997 e. The van der Waals surface area contributed by atoms with Gasteiger partial charge in [-0.15, -0.1) is 5.92 Å². The Morgan fingerprint density at radius 3 is 2.69 bits per heavy atom. The van der Waals surface area contributed by atoms with Crippen LogP contribution in [0.1, 0.15) is 12.5 Å². The first-order valence-corrected chi connectivity index (χ1v) is 4.35. The first-order valence-electron chi connectivity index (χ1n) is 3.98. The molecule has 0 saturated carbocycles. The molecule has 0 fully saturated rings. The van der Waals surface area contributed by atoms with Crippen LogP contribution in [0.2, 0.25) is 5.02 Å². The van der Waals surface area contributed by atoms with E-state index < -0.39 is 0 Å². The average molecular weight is 192 g/mol. The van der Waals surface area contributed by atoms with Gasteiger partial charge in [-0.3, -0.25) is 4.99 Å². The molecule has 0 spiro atoms. The largest absolute Gasteiger partial charge is 0.280 e. The van der Waals surface area contributed by atoms with Crippen molar-refractivity contribution >= 4 is 17.8 Å². The molecule has 0 aliphatic heterocycles. The fraction of sp³-hybridized carbons (Fsp3) is 0.182. The molecule has 0 heterocycles. The molecule has 0 amide bonds. The number of halogens is 1. The minimum Gasteiger partial charge on any atom is -0.280 e. The van der Waals surface area contributed by atoms with Crippen LogP contribution in [-0.2, 0) is 0 Å². The summed E-state index contributed by atoms with van der Waals surface area (Å²) in [5.74, 6) is 5.63. The van der Waals surface area contributed by atoms with Crippen molar-refractivity contribution in [3.63, 3.8) is 0 Å². The second-order valence-corrected chi connectivity index (χ2v) is 2.88. The molecular formula is C11H10ClN. The molecule has 0 bridgehead atoms. The third kappa shape index (κ3) is 3.78. The van der Waals surface area contributed by atoms with Gasteiger partial charge in [0.15, 0.2) is 0 Å². The van der Waals surface area contributed by atoms with Gasteiger partial charge in [0.25, 0.3) is 0 Å². The zero-order chi connectivity index (χ0) is 9.52. The zero-order valence-corrected chi connectivity index (χ0v) is 8.17. The van der Waals surface area contributed by atoms with Gasteiger partial charge < -0.3 is 0 Å². The topological polar surface area (TPSA) is 12.4 Å². The Labute approximate surface area is 83.5 Å². The maximum absolute atomic E-state index is 5.73. The van der Waals surface area contributed by atoms with Crippen molar-refractivity contribution in [2.45, 2.75) is 6.92 Å². The van der Waals surface area contributed by atoms with E-state index in [2.05, 4.69) is 16.8 Å². The molecule has 0 aliphatic carbocycles. The molecule has 66 valence electrons. The highest BCUT2D eigenvalue weighted by molar-refractivity contribution is 6.30. The first kappa shape index (κ1) is 9.83. The van der Waals surface area contributed by atoms with Crippen LogP contribution >= 0.6 is 11.6 Å². The van der Waals surface area contributed by atoms with E-state index in [1.54, 1.807) is 13.1 Å². The number of nitrogens with zero attached hydrogens (tertiary/aromatic N) is 1. The molecule has 13 heavy (non-hydrogen) atoms. The Hall–Kier alpha value is -1.26. The molecule has 0 atom stereocenters. The predicted octanol–water partition coefficient (Wildman–Crippen LogP) is 2.78. The lowest BCUT2D eigenvalue weighted by molar-refractivity contribution is 1.30. The Balaban J connectivity index is 2.57. The summed E-state index contributed by atoms with van der Waals surface area (Å²) in [6, 6.07) is 7.53. The fourth-order valence-electron chi connectivity index (χ4n) is 0.825. The normalized spacial score (nSPS) is 9.69. The van der Waals surface area contributed by atoms with Gasteiger partial charge in [0.1, 0.15) is 0 Å². The van der Waals surface area contributed by atoms with Gasteiger partial charge in [-0.05, 0) is 24.6 Å². The lowest BCUT2D eigenvalue weighted by Crippen LogP contribution is -1.81. The Bertz CT molecular complexity index is 341. The molecule has 2 heteroatoms. The highest BCUT2D eigenvalue weighted by Gasteiger charge is 1.86. The number of hydrogen-bond donors (Lipinski definition) is 0. The van der Waals surface area contributed by atoms with E-state index in [9.17, 15) is 0 Å². The summed E-state index contributed by atoms with van der Waals surface area (Å²) in [4.78, 5) is 4.12. The lowest BCUT2D eigenvalue weighted by atomic mass is 10.2. The van der Waals surface area contributed by atoms with E-state index in [0.29, 0.717) is 6.54 Å². The maximum Gasteiger partial charge on any atom is 0.0997 e. The van der Waals surface area contributed by atoms with Crippen LogP contribution in [0.15, 0.2) is 29.3 Å². The van der Waals surface area contributed by atoms with Gasteiger partial charge in [0.2, 0.25) is 0 Å². The van der Waals surface area contributed by atoms with Crippen LogP contribution in [0.5, 0.6) is 0 Å². The lowest BCUT2D eigenvalue weighted by Gasteiger charge is -1.91. The molecule has 0 saturated heterocycles. The second-order valence-electron chi connectivity index (χ2n) is 2.45. The summed E-state index contributed by atoms with van der Waals surface area (Å²) in [5.41, 5.74) is 1.04. The van der Waals surface area contributed by atoms with E-state index >= 15 is 0 Å². The highest BCUT2D eigenvalue weighted by Crippen LogP contribution is 2.07. The summed E-state index contributed by atoms with van der Waals surface area (Å²) >= 11 is 5.73. The molecule has 1 aromatic carbocycles. The van der Waals surface area contributed by atoms with Crippen LogP contribution in [0.3, 0.4) is 0 Å². The average Bonchev–Trinajstić information content (AvgIpc) is 2.15. The number of aliphatic imine (C=N–C) groups is 1. The minimum atomic E-state index is 0.555. The Morgan fingerprint density at radius 2 is 2.08 bits per heavy atom. The summed E-state index contributed by atoms with van der Waals surface area (Å²) < 4.78 is 0. The van der Waals surface area contributed by atoms with Crippen molar-refractivity contribution in [1.82, 2.24) is 0 Å². The maximum atomic E-state index is 5.73. The summed E-state index contributed by atoms with van der Waals surface area (Å²) in [5, 5.41) is 0.741. The monoisotopic (exact) mass is 191 g/mol. The van der Waals surface area contributed by atoms with Crippen LogP contribution < -0.4 is 0 Å². The summed E-state index contributed by atoms with van der Waals surface area (Å²) in [6.07, 6.45) is 1.79. The quantitative estimate of drug-likeness (QED) is 0.504. The van der Waals surface area contributed by atoms with Crippen molar-refractivity contribution in [2.75, 3.05) is 6.54 Å². The fourth-order valence-corrected chi connectivity index (χ4v) is 0.951. The number of rotatable bonds is 2. The van der Waals surface area contributed by atoms with E-state index in [-0.39, 0.29) is 0 Å². The highest BCUT2D eigenvalue weighted by atomic mass is 35.5. The van der Waals surface area contributed by atoms with Crippen LogP contribution in [0.25, 0.3) is 0 Å². The van der Waals surface area contributed by atoms with Gasteiger partial charge in [-0.1, -0.05) is 29.7 Å². The van der Waals surface area contributed by atoms with E-state index in [4.69, 9.17) is 11.6 Å². The minimum absolute atomic E-state index is 0.555. The van der Waals surface area contributed by atoms with Gasteiger partial charge in [-0.2, -0.15) is 0 Å². The standard InChI is InChI=1S/C11H10ClN/c1-2-3-8-13-9-10-4-6-11(12)7-5-10/h4-7,9H,8H2,1H3/b13-9+. The third-order valence-electron chi connectivity index (χ3n) is 1.46. The van der Waals surface area contributed by atoms with E-state index in [0.717, 1.165) is 10.6 Å². The molecule has 1 rings (SSSR count). The van der Waals surface area contributed by atoms with Crippen LogP contribution in [0, 0.1) is 11.8 Å². The first-order chi connectivity index (χ1) is 6.33. The van der Waals surface area contributed by atoms with E-state index in [1.165, 1.54) is 0 Å². The van der Waals surface area contributed by atoms with Crippen molar-refractivity contribution in [3.05, 3.63) is 34.9 Å². The van der Waals surface area contributed by atoms with E-state index in [1.807, 2.05) is 24.3 Å². The molecule has 0 unspecified atom stereocenters.